The number of nitrogens with one attached hydrogen (secondary N) is 1. The lowest BCUT2D eigenvalue weighted by molar-refractivity contribution is -0.134. The molecule has 0 bridgehead atoms. The molecule has 2 aromatic rings. The summed E-state index contributed by atoms with van der Waals surface area (Å²) in [5.74, 6) is -0.198. The molecule has 3 heterocycles. The van der Waals surface area contributed by atoms with Crippen LogP contribution < -0.4 is 10.2 Å². The third kappa shape index (κ3) is 3.76. The van der Waals surface area contributed by atoms with Crippen LogP contribution in [-0.2, 0) is 26.8 Å². The highest BCUT2D eigenvalue weighted by atomic mass is 19.1. The van der Waals surface area contributed by atoms with Crippen molar-refractivity contribution in [2.24, 2.45) is 7.05 Å². The fourth-order valence-corrected chi connectivity index (χ4v) is 4.23. The third-order valence-electron chi connectivity index (χ3n) is 5.88. The quantitative estimate of drug-likeness (QED) is 0.851. The number of halogens is 1. The Balaban J connectivity index is 1.56. The molecule has 7 nitrogen and oxygen atoms in total. The zero-order chi connectivity index (χ0) is 20.4. The molecular weight excluding hydrogens is 375 g/mol. The first-order valence-corrected chi connectivity index (χ1v) is 9.95. The van der Waals surface area contributed by atoms with Crippen LogP contribution in [0.1, 0.15) is 31.2 Å². The summed E-state index contributed by atoms with van der Waals surface area (Å²) in [6.07, 6.45) is 4.03. The van der Waals surface area contributed by atoms with E-state index < -0.39 is 11.5 Å². The highest BCUT2D eigenvalue weighted by molar-refractivity contribution is 6.00. The van der Waals surface area contributed by atoms with Gasteiger partial charge in [-0.1, -0.05) is 12.1 Å². The SMILES string of the molecule is Cn1ccc(N2CCCC(NC(=O)C3(c4cccc(F)c4)CCOCC3)C2=O)n1. The molecule has 1 aromatic carbocycles. The van der Waals surface area contributed by atoms with Crippen LogP contribution >= 0.6 is 0 Å². The largest absolute Gasteiger partial charge is 0.381 e. The van der Waals surface area contributed by atoms with Gasteiger partial charge in [-0.2, -0.15) is 5.10 Å². The average molecular weight is 400 g/mol. The average Bonchev–Trinajstić information content (AvgIpc) is 3.16. The van der Waals surface area contributed by atoms with Crippen LogP contribution in [0.3, 0.4) is 0 Å². The topological polar surface area (TPSA) is 76.5 Å². The molecule has 1 atom stereocenters. The molecule has 154 valence electrons. The first kappa shape index (κ1) is 19.6. The van der Waals surface area contributed by atoms with E-state index in [0.29, 0.717) is 50.4 Å². The van der Waals surface area contributed by atoms with Gasteiger partial charge in [-0.25, -0.2) is 4.39 Å². The number of ether oxygens (including phenoxy) is 1. The molecular formula is C21H25FN4O3. The number of amides is 2. The van der Waals surface area contributed by atoms with E-state index in [9.17, 15) is 14.0 Å². The molecule has 1 aromatic heterocycles. The van der Waals surface area contributed by atoms with Crippen molar-refractivity contribution in [2.75, 3.05) is 24.7 Å². The van der Waals surface area contributed by atoms with E-state index in [0.717, 1.165) is 6.42 Å². The van der Waals surface area contributed by atoms with E-state index in [4.69, 9.17) is 4.74 Å². The zero-order valence-corrected chi connectivity index (χ0v) is 16.4. The minimum atomic E-state index is -0.895. The fourth-order valence-electron chi connectivity index (χ4n) is 4.23. The number of aryl methyl sites for hydroxylation is 1. The van der Waals surface area contributed by atoms with Crippen molar-refractivity contribution < 1.29 is 18.7 Å². The smallest absolute Gasteiger partial charge is 0.250 e. The van der Waals surface area contributed by atoms with Gasteiger partial charge in [-0.15, -0.1) is 0 Å². The normalized spacial score (nSPS) is 21.8. The lowest BCUT2D eigenvalue weighted by atomic mass is 9.73. The standard InChI is InChI=1S/C21H25FN4O3/c1-25-11-7-18(24-25)26-10-3-6-17(19(26)27)23-20(28)21(8-12-29-13-9-21)15-4-2-5-16(22)14-15/h2,4-5,7,11,14,17H,3,6,8-10,12-13H2,1H3,(H,23,28). The number of rotatable bonds is 4. The van der Waals surface area contributed by atoms with Crippen molar-refractivity contribution in [1.29, 1.82) is 0 Å². The molecule has 0 saturated carbocycles. The summed E-state index contributed by atoms with van der Waals surface area (Å²) >= 11 is 0. The predicted octanol–water partition coefficient (Wildman–Crippen LogP) is 1.92. The number of anilines is 1. The Bertz CT molecular complexity index is 907. The molecule has 4 rings (SSSR count). The van der Waals surface area contributed by atoms with Gasteiger partial charge in [0.05, 0.1) is 5.41 Å². The fraction of sp³-hybridized carbons (Fsp3) is 0.476. The predicted molar refractivity (Wildman–Crippen MR) is 105 cm³/mol. The number of aromatic nitrogens is 2. The highest BCUT2D eigenvalue weighted by Crippen LogP contribution is 2.36. The van der Waals surface area contributed by atoms with Crippen LogP contribution in [0.15, 0.2) is 36.5 Å². The van der Waals surface area contributed by atoms with Crippen molar-refractivity contribution >= 4 is 17.6 Å². The van der Waals surface area contributed by atoms with Crippen LogP contribution in [0.25, 0.3) is 0 Å². The maximum absolute atomic E-state index is 13.9. The number of nitrogens with zero attached hydrogens (tertiary/aromatic N) is 3. The molecule has 0 spiro atoms. The summed E-state index contributed by atoms with van der Waals surface area (Å²) in [5, 5.41) is 7.27. The second-order valence-corrected chi connectivity index (χ2v) is 7.71. The van der Waals surface area contributed by atoms with Crippen molar-refractivity contribution in [2.45, 2.75) is 37.1 Å². The van der Waals surface area contributed by atoms with E-state index in [1.807, 2.05) is 0 Å². The molecule has 0 aliphatic carbocycles. The lowest BCUT2D eigenvalue weighted by Gasteiger charge is -2.38. The van der Waals surface area contributed by atoms with E-state index in [1.54, 1.807) is 41.0 Å². The van der Waals surface area contributed by atoms with Gasteiger partial charge in [0.15, 0.2) is 5.82 Å². The summed E-state index contributed by atoms with van der Waals surface area (Å²) < 4.78 is 21.0. The Morgan fingerprint density at radius 2 is 2.10 bits per heavy atom. The Morgan fingerprint density at radius 3 is 2.79 bits per heavy atom. The second-order valence-electron chi connectivity index (χ2n) is 7.71. The van der Waals surface area contributed by atoms with Crippen LogP contribution in [0.4, 0.5) is 10.2 Å². The molecule has 8 heteroatoms. The van der Waals surface area contributed by atoms with Crippen molar-refractivity contribution in [3.05, 3.63) is 47.9 Å². The second kappa shape index (κ2) is 7.94. The summed E-state index contributed by atoms with van der Waals surface area (Å²) in [4.78, 5) is 28.1. The number of carbonyl (C=O) groups excluding carboxylic acids is 2. The molecule has 2 aliphatic heterocycles. The number of carbonyl (C=O) groups is 2. The van der Waals surface area contributed by atoms with E-state index in [-0.39, 0.29) is 17.6 Å². The van der Waals surface area contributed by atoms with E-state index in [2.05, 4.69) is 10.4 Å². The summed E-state index contributed by atoms with van der Waals surface area (Å²) in [7, 11) is 1.80. The maximum Gasteiger partial charge on any atom is 0.250 e. The number of hydrogen-bond acceptors (Lipinski definition) is 4. The van der Waals surface area contributed by atoms with Gasteiger partial charge in [0.2, 0.25) is 5.91 Å². The van der Waals surface area contributed by atoms with Gasteiger partial charge in [0.1, 0.15) is 11.9 Å². The van der Waals surface area contributed by atoms with Gasteiger partial charge in [0, 0.05) is 39.1 Å². The Labute approximate surface area is 168 Å². The summed E-state index contributed by atoms with van der Waals surface area (Å²) in [5.41, 5.74) is -0.267. The van der Waals surface area contributed by atoms with E-state index in [1.165, 1.54) is 12.1 Å². The molecule has 2 amide bonds. The Kier molecular flexibility index (Phi) is 5.36. The Morgan fingerprint density at radius 1 is 1.31 bits per heavy atom. The van der Waals surface area contributed by atoms with Crippen molar-refractivity contribution in [3.8, 4) is 0 Å². The zero-order valence-electron chi connectivity index (χ0n) is 16.4. The lowest BCUT2D eigenvalue weighted by Crippen LogP contribution is -2.57. The van der Waals surface area contributed by atoms with Crippen LogP contribution in [0.5, 0.6) is 0 Å². The van der Waals surface area contributed by atoms with Gasteiger partial charge in [-0.05, 0) is 43.4 Å². The molecule has 29 heavy (non-hydrogen) atoms. The van der Waals surface area contributed by atoms with Crippen LogP contribution in [0.2, 0.25) is 0 Å². The molecule has 0 radical (unpaired) electrons. The van der Waals surface area contributed by atoms with Gasteiger partial charge in [-0.3, -0.25) is 19.2 Å². The van der Waals surface area contributed by atoms with Crippen LogP contribution in [-0.4, -0.2) is 47.4 Å². The van der Waals surface area contributed by atoms with Crippen LogP contribution in [0, 0.1) is 5.82 Å². The molecule has 2 saturated heterocycles. The van der Waals surface area contributed by atoms with Gasteiger partial charge < -0.3 is 10.1 Å². The number of piperidine rings is 1. The summed E-state index contributed by atoms with van der Waals surface area (Å²) in [6, 6.07) is 7.33. The monoisotopic (exact) mass is 400 g/mol. The summed E-state index contributed by atoms with van der Waals surface area (Å²) in [6.45, 7) is 1.41. The molecule has 1 N–H and O–H groups in total. The van der Waals surface area contributed by atoms with Gasteiger partial charge in [0.25, 0.3) is 5.91 Å². The van der Waals surface area contributed by atoms with Crippen molar-refractivity contribution in [1.82, 2.24) is 15.1 Å². The first-order valence-electron chi connectivity index (χ1n) is 9.95. The molecule has 2 fully saturated rings. The number of benzene rings is 1. The van der Waals surface area contributed by atoms with Gasteiger partial charge >= 0.3 is 0 Å². The van der Waals surface area contributed by atoms with Crippen molar-refractivity contribution in [3.63, 3.8) is 0 Å². The van der Waals surface area contributed by atoms with E-state index >= 15 is 0 Å². The highest BCUT2D eigenvalue weighted by Gasteiger charge is 2.44. The first-order chi connectivity index (χ1) is 14.0. The third-order valence-corrected chi connectivity index (χ3v) is 5.88. The minimum Gasteiger partial charge on any atom is -0.381 e. The minimum absolute atomic E-state index is 0.162. The Hall–Kier alpha value is -2.74. The molecule has 2 aliphatic rings. The molecule has 1 unspecified atom stereocenters. The number of hydrogen-bond donors (Lipinski definition) is 1. The maximum atomic E-state index is 13.9.